The molecule has 2 rings (SSSR count). The van der Waals surface area contributed by atoms with Crippen LogP contribution in [0.2, 0.25) is 0 Å². The molecule has 0 amide bonds. The van der Waals surface area contributed by atoms with E-state index in [0.717, 1.165) is 11.1 Å². The van der Waals surface area contributed by atoms with Gasteiger partial charge in [-0.25, -0.2) is 4.98 Å². The number of hydrogen-bond acceptors (Lipinski definition) is 6. The van der Waals surface area contributed by atoms with E-state index in [2.05, 4.69) is 15.3 Å². The van der Waals surface area contributed by atoms with Crippen LogP contribution in [0.5, 0.6) is 11.6 Å². The molecule has 1 aromatic heterocycles. The molecule has 0 aliphatic carbocycles. The van der Waals surface area contributed by atoms with Gasteiger partial charge in [-0.15, -0.1) is 0 Å². The van der Waals surface area contributed by atoms with Crippen LogP contribution in [0.25, 0.3) is 0 Å². The Morgan fingerprint density at radius 1 is 1.13 bits per heavy atom. The number of nitro groups is 1. The van der Waals surface area contributed by atoms with Gasteiger partial charge in [0.1, 0.15) is 12.1 Å². The second-order valence-corrected chi connectivity index (χ2v) is 6.43. The molecule has 0 atom stereocenters. The standard InChI is InChI=1S/C16H20N4O3/c1-10-6-11(2)8-12(7-10)23-15-13(20(21)22)14(17-9-18-15)19-16(3,4)5/h6-9H,1-5H3,(H,17,18,19). The van der Waals surface area contributed by atoms with Crippen LogP contribution in [0.1, 0.15) is 31.9 Å². The zero-order valence-corrected chi connectivity index (χ0v) is 13.9. The number of ether oxygens (including phenoxy) is 1. The van der Waals surface area contributed by atoms with E-state index in [-0.39, 0.29) is 22.9 Å². The number of aromatic nitrogens is 2. The van der Waals surface area contributed by atoms with Crippen LogP contribution >= 0.6 is 0 Å². The van der Waals surface area contributed by atoms with Crippen LogP contribution in [0, 0.1) is 24.0 Å². The number of nitrogens with zero attached hydrogens (tertiary/aromatic N) is 3. The molecule has 0 fully saturated rings. The second-order valence-electron chi connectivity index (χ2n) is 6.43. The maximum Gasteiger partial charge on any atom is 0.373 e. The SMILES string of the molecule is Cc1cc(C)cc(Oc2ncnc(NC(C)(C)C)c2[N+](=O)[O-])c1. The molecule has 0 radical (unpaired) electrons. The number of aryl methyl sites for hydroxylation is 2. The fraction of sp³-hybridized carbons (Fsp3) is 0.375. The first kappa shape index (κ1) is 16.7. The van der Waals surface area contributed by atoms with Crippen molar-refractivity contribution < 1.29 is 9.66 Å². The monoisotopic (exact) mass is 316 g/mol. The number of hydrogen-bond donors (Lipinski definition) is 1. The van der Waals surface area contributed by atoms with E-state index < -0.39 is 4.92 Å². The van der Waals surface area contributed by atoms with Gasteiger partial charge in [-0.2, -0.15) is 4.98 Å². The predicted molar refractivity (Wildman–Crippen MR) is 88.1 cm³/mol. The zero-order chi connectivity index (χ0) is 17.2. The molecule has 23 heavy (non-hydrogen) atoms. The fourth-order valence-electron chi connectivity index (χ4n) is 2.15. The van der Waals surface area contributed by atoms with Crippen LogP contribution in [-0.4, -0.2) is 20.4 Å². The quantitative estimate of drug-likeness (QED) is 0.677. The summed E-state index contributed by atoms with van der Waals surface area (Å²) in [5.41, 5.74) is 1.35. The number of nitrogens with one attached hydrogen (secondary N) is 1. The Morgan fingerprint density at radius 3 is 2.26 bits per heavy atom. The van der Waals surface area contributed by atoms with Crippen molar-refractivity contribution in [1.82, 2.24) is 9.97 Å². The number of rotatable bonds is 4. The minimum Gasteiger partial charge on any atom is -0.434 e. The van der Waals surface area contributed by atoms with Gasteiger partial charge < -0.3 is 10.1 Å². The van der Waals surface area contributed by atoms with Crippen molar-refractivity contribution in [2.75, 3.05) is 5.32 Å². The van der Waals surface area contributed by atoms with Gasteiger partial charge in [0.05, 0.1) is 4.92 Å². The molecule has 0 bridgehead atoms. The Morgan fingerprint density at radius 2 is 1.74 bits per heavy atom. The largest absolute Gasteiger partial charge is 0.434 e. The first-order valence-corrected chi connectivity index (χ1v) is 7.19. The Labute approximate surface area is 134 Å². The lowest BCUT2D eigenvalue weighted by Gasteiger charge is -2.21. The molecule has 0 spiro atoms. The van der Waals surface area contributed by atoms with Crippen molar-refractivity contribution in [2.24, 2.45) is 0 Å². The summed E-state index contributed by atoms with van der Waals surface area (Å²) >= 11 is 0. The third-order valence-corrected chi connectivity index (χ3v) is 2.87. The molecule has 7 nitrogen and oxygen atoms in total. The van der Waals surface area contributed by atoms with Gasteiger partial charge in [0.2, 0.25) is 5.82 Å². The second kappa shape index (κ2) is 6.20. The molecule has 1 heterocycles. The van der Waals surface area contributed by atoms with Crippen LogP contribution in [0.4, 0.5) is 11.5 Å². The molecular formula is C16H20N4O3. The van der Waals surface area contributed by atoms with Crippen LogP contribution < -0.4 is 10.1 Å². The van der Waals surface area contributed by atoms with E-state index >= 15 is 0 Å². The Hall–Kier alpha value is -2.70. The summed E-state index contributed by atoms with van der Waals surface area (Å²) in [6.45, 7) is 9.54. The molecule has 122 valence electrons. The lowest BCUT2D eigenvalue weighted by molar-refractivity contribution is -0.385. The Kier molecular flexibility index (Phi) is 4.49. The van der Waals surface area contributed by atoms with Gasteiger partial charge >= 0.3 is 11.6 Å². The summed E-state index contributed by atoms with van der Waals surface area (Å²) in [5.74, 6) is 0.560. The minimum atomic E-state index is -0.536. The highest BCUT2D eigenvalue weighted by atomic mass is 16.6. The highest BCUT2D eigenvalue weighted by molar-refractivity contribution is 5.62. The van der Waals surface area contributed by atoms with Crippen molar-refractivity contribution in [3.8, 4) is 11.6 Å². The molecule has 2 aromatic rings. The van der Waals surface area contributed by atoms with Crippen molar-refractivity contribution >= 4 is 11.5 Å². The van der Waals surface area contributed by atoms with E-state index in [1.807, 2.05) is 40.7 Å². The number of benzene rings is 1. The summed E-state index contributed by atoms with van der Waals surface area (Å²) in [6, 6.07) is 5.60. The lowest BCUT2D eigenvalue weighted by atomic mass is 10.1. The highest BCUT2D eigenvalue weighted by Gasteiger charge is 2.27. The maximum absolute atomic E-state index is 11.5. The van der Waals surface area contributed by atoms with E-state index in [0.29, 0.717) is 5.75 Å². The van der Waals surface area contributed by atoms with Gasteiger partial charge in [-0.05, 0) is 57.9 Å². The average Bonchev–Trinajstić information content (AvgIpc) is 2.34. The van der Waals surface area contributed by atoms with Crippen LogP contribution in [0.3, 0.4) is 0 Å². The molecule has 0 saturated carbocycles. The molecule has 7 heteroatoms. The average molecular weight is 316 g/mol. The first-order chi connectivity index (χ1) is 10.7. The molecule has 0 unspecified atom stereocenters. The predicted octanol–water partition coefficient (Wildman–Crippen LogP) is 4.00. The summed E-state index contributed by atoms with van der Waals surface area (Å²) in [4.78, 5) is 18.8. The summed E-state index contributed by atoms with van der Waals surface area (Å²) < 4.78 is 5.65. The maximum atomic E-state index is 11.5. The van der Waals surface area contributed by atoms with E-state index in [1.54, 1.807) is 12.1 Å². The zero-order valence-electron chi connectivity index (χ0n) is 13.9. The Balaban J connectivity index is 2.45. The van der Waals surface area contributed by atoms with Gasteiger partial charge in [0.15, 0.2) is 0 Å². The third-order valence-electron chi connectivity index (χ3n) is 2.87. The topological polar surface area (TPSA) is 90.2 Å². The van der Waals surface area contributed by atoms with Gasteiger partial charge in [0, 0.05) is 5.54 Å². The molecular weight excluding hydrogens is 296 g/mol. The molecule has 0 saturated heterocycles. The van der Waals surface area contributed by atoms with E-state index in [9.17, 15) is 10.1 Å². The molecule has 0 aliphatic rings. The highest BCUT2D eigenvalue weighted by Crippen LogP contribution is 2.35. The first-order valence-electron chi connectivity index (χ1n) is 7.19. The summed E-state index contributed by atoms with van der Waals surface area (Å²) in [6.07, 6.45) is 1.25. The van der Waals surface area contributed by atoms with Crippen molar-refractivity contribution in [3.63, 3.8) is 0 Å². The molecule has 0 aliphatic heterocycles. The summed E-state index contributed by atoms with van der Waals surface area (Å²) in [7, 11) is 0. The smallest absolute Gasteiger partial charge is 0.373 e. The van der Waals surface area contributed by atoms with Crippen LogP contribution in [0.15, 0.2) is 24.5 Å². The normalized spacial score (nSPS) is 11.2. The fourth-order valence-corrected chi connectivity index (χ4v) is 2.15. The van der Waals surface area contributed by atoms with Crippen molar-refractivity contribution in [2.45, 2.75) is 40.2 Å². The van der Waals surface area contributed by atoms with Gasteiger partial charge in [-0.1, -0.05) is 6.07 Å². The van der Waals surface area contributed by atoms with E-state index in [4.69, 9.17) is 4.74 Å². The Bertz CT molecular complexity index is 718. The molecule has 1 N–H and O–H groups in total. The van der Waals surface area contributed by atoms with Crippen LogP contribution in [-0.2, 0) is 0 Å². The third kappa shape index (κ3) is 4.38. The number of anilines is 1. The lowest BCUT2D eigenvalue weighted by Crippen LogP contribution is -2.27. The van der Waals surface area contributed by atoms with Gasteiger partial charge in [-0.3, -0.25) is 10.1 Å². The van der Waals surface area contributed by atoms with Crippen molar-refractivity contribution in [3.05, 3.63) is 45.8 Å². The van der Waals surface area contributed by atoms with Gasteiger partial charge in [0.25, 0.3) is 0 Å². The van der Waals surface area contributed by atoms with E-state index in [1.165, 1.54) is 6.33 Å². The minimum absolute atomic E-state index is 0.0817. The molecule has 1 aromatic carbocycles. The van der Waals surface area contributed by atoms with Crippen molar-refractivity contribution in [1.29, 1.82) is 0 Å². The summed E-state index contributed by atoms with van der Waals surface area (Å²) in [5, 5.41) is 14.5.